The Balaban J connectivity index is 1.92. The average Bonchev–Trinajstić information content (AvgIpc) is 3.20. The maximum absolute atomic E-state index is 13.0. The molecule has 0 aliphatic carbocycles. The fourth-order valence-corrected chi connectivity index (χ4v) is 4.22. The van der Waals surface area contributed by atoms with Gasteiger partial charge in [-0.25, -0.2) is 0 Å². The molecule has 0 aliphatic rings. The van der Waals surface area contributed by atoms with E-state index in [1.54, 1.807) is 42.5 Å². The third-order valence-electron chi connectivity index (χ3n) is 5.77. The lowest BCUT2D eigenvalue weighted by Gasteiger charge is -2.10. The zero-order valence-corrected chi connectivity index (χ0v) is 18.8. The second-order valence-electron chi connectivity index (χ2n) is 7.86. The van der Waals surface area contributed by atoms with Crippen molar-refractivity contribution in [3.05, 3.63) is 76.5 Å². The first-order chi connectivity index (χ1) is 16.9. The average molecular weight is 472 g/mol. The molecule has 3 aromatic carbocycles. The maximum Gasteiger partial charge on any atom is 0.307 e. The molecule has 0 saturated carbocycles. The largest absolute Gasteiger partial charge is 0.507 e. The zero-order chi connectivity index (χ0) is 24.7. The molecule has 0 unspecified atom stereocenters. The molecule has 2 heterocycles. The Morgan fingerprint density at radius 2 is 1.71 bits per heavy atom. The van der Waals surface area contributed by atoms with Crippen molar-refractivity contribution >= 4 is 27.9 Å². The molecule has 176 valence electrons. The highest BCUT2D eigenvalue weighted by Gasteiger charge is 2.26. The van der Waals surface area contributed by atoms with Crippen LogP contribution in [0.15, 0.2) is 74.3 Å². The fourth-order valence-electron chi connectivity index (χ4n) is 4.22. The van der Waals surface area contributed by atoms with E-state index < -0.39 is 17.8 Å². The van der Waals surface area contributed by atoms with Gasteiger partial charge in [0.1, 0.15) is 39.7 Å². The number of rotatable bonds is 6. The van der Waals surface area contributed by atoms with Crippen LogP contribution in [0.5, 0.6) is 17.2 Å². The highest BCUT2D eigenvalue weighted by molar-refractivity contribution is 6.10. The van der Waals surface area contributed by atoms with Gasteiger partial charge < -0.3 is 28.5 Å². The van der Waals surface area contributed by atoms with Gasteiger partial charge in [-0.2, -0.15) is 0 Å². The van der Waals surface area contributed by atoms with Gasteiger partial charge in [0.25, 0.3) is 0 Å². The topological polar surface area (TPSA) is 119 Å². The molecule has 8 heteroatoms. The Morgan fingerprint density at radius 3 is 2.40 bits per heavy atom. The van der Waals surface area contributed by atoms with Crippen LogP contribution in [0.1, 0.15) is 5.56 Å². The second-order valence-corrected chi connectivity index (χ2v) is 7.86. The summed E-state index contributed by atoms with van der Waals surface area (Å²) >= 11 is 0. The Morgan fingerprint density at radius 1 is 0.943 bits per heavy atom. The van der Waals surface area contributed by atoms with Gasteiger partial charge in [0.05, 0.1) is 31.6 Å². The summed E-state index contributed by atoms with van der Waals surface area (Å²) in [6.07, 6.45) is -0.429. The number of benzene rings is 3. The number of furan rings is 1. The van der Waals surface area contributed by atoms with E-state index in [0.717, 1.165) is 0 Å². The molecule has 35 heavy (non-hydrogen) atoms. The van der Waals surface area contributed by atoms with E-state index in [4.69, 9.17) is 18.3 Å². The number of methoxy groups -OCH3 is 2. The summed E-state index contributed by atoms with van der Waals surface area (Å²) in [5, 5.41) is 20.6. The number of hydrogen-bond donors (Lipinski definition) is 2. The Kier molecular flexibility index (Phi) is 5.41. The molecule has 0 spiro atoms. The molecule has 2 aromatic heterocycles. The predicted molar refractivity (Wildman–Crippen MR) is 129 cm³/mol. The van der Waals surface area contributed by atoms with E-state index in [2.05, 4.69) is 0 Å². The van der Waals surface area contributed by atoms with Gasteiger partial charge in [0.2, 0.25) is 0 Å². The number of fused-ring (bicyclic) bond motifs is 3. The van der Waals surface area contributed by atoms with Crippen LogP contribution in [0.3, 0.4) is 0 Å². The Bertz CT molecular complexity index is 1640. The summed E-state index contributed by atoms with van der Waals surface area (Å²) in [5.41, 5.74) is 1.12. The van der Waals surface area contributed by atoms with Gasteiger partial charge in [-0.3, -0.25) is 9.59 Å². The van der Waals surface area contributed by atoms with Crippen LogP contribution in [-0.4, -0.2) is 30.4 Å². The monoisotopic (exact) mass is 472 g/mol. The summed E-state index contributed by atoms with van der Waals surface area (Å²) in [6, 6.07) is 16.6. The lowest BCUT2D eigenvalue weighted by atomic mass is 10.00. The van der Waals surface area contributed by atoms with Crippen LogP contribution in [0.4, 0.5) is 0 Å². The summed E-state index contributed by atoms with van der Waals surface area (Å²) < 4.78 is 23.0. The zero-order valence-electron chi connectivity index (χ0n) is 18.8. The normalized spacial score (nSPS) is 11.1. The summed E-state index contributed by atoms with van der Waals surface area (Å²) in [5.74, 6) is -0.0281. The van der Waals surface area contributed by atoms with E-state index in [1.807, 2.05) is 6.07 Å². The molecule has 0 radical (unpaired) electrons. The molecule has 0 saturated heterocycles. The van der Waals surface area contributed by atoms with Crippen molar-refractivity contribution in [2.24, 2.45) is 0 Å². The smallest absolute Gasteiger partial charge is 0.307 e. The minimum Gasteiger partial charge on any atom is -0.507 e. The highest BCUT2D eigenvalue weighted by Crippen LogP contribution is 2.44. The van der Waals surface area contributed by atoms with Crippen LogP contribution in [0.25, 0.3) is 44.6 Å². The van der Waals surface area contributed by atoms with Crippen LogP contribution < -0.4 is 14.9 Å². The summed E-state index contributed by atoms with van der Waals surface area (Å²) in [4.78, 5) is 24.9. The number of phenolic OH excluding ortho intramolecular Hbond substituents is 1. The van der Waals surface area contributed by atoms with E-state index in [1.165, 1.54) is 26.4 Å². The molecule has 2 N–H and O–H groups in total. The highest BCUT2D eigenvalue weighted by atomic mass is 16.5. The van der Waals surface area contributed by atoms with Gasteiger partial charge >= 0.3 is 5.97 Å². The number of aromatic hydroxyl groups is 1. The minimum absolute atomic E-state index is 0.0412. The molecule has 0 amide bonds. The molecule has 5 aromatic rings. The third-order valence-corrected chi connectivity index (χ3v) is 5.77. The van der Waals surface area contributed by atoms with Gasteiger partial charge in [-0.15, -0.1) is 0 Å². The van der Waals surface area contributed by atoms with Crippen molar-refractivity contribution in [1.29, 1.82) is 0 Å². The van der Waals surface area contributed by atoms with Crippen molar-refractivity contribution in [3.63, 3.8) is 0 Å². The molecular weight excluding hydrogens is 452 g/mol. The first kappa shape index (κ1) is 22.1. The third kappa shape index (κ3) is 3.74. The molecule has 0 bridgehead atoms. The van der Waals surface area contributed by atoms with E-state index in [9.17, 15) is 19.8 Å². The van der Waals surface area contributed by atoms with Gasteiger partial charge in [0.15, 0.2) is 11.0 Å². The number of carbonyl (C=O) groups is 1. The van der Waals surface area contributed by atoms with Crippen LogP contribution >= 0.6 is 0 Å². The number of ether oxygens (including phenoxy) is 2. The van der Waals surface area contributed by atoms with E-state index in [-0.39, 0.29) is 44.8 Å². The molecular formula is C27H20O8. The lowest BCUT2D eigenvalue weighted by Crippen LogP contribution is -2.03. The second kappa shape index (κ2) is 8.57. The van der Waals surface area contributed by atoms with Crippen LogP contribution in [0.2, 0.25) is 0 Å². The molecule has 0 atom stereocenters. The quantitative estimate of drug-likeness (QED) is 0.345. The van der Waals surface area contributed by atoms with Crippen molar-refractivity contribution in [3.8, 4) is 39.9 Å². The number of hydrogen-bond acceptors (Lipinski definition) is 7. The van der Waals surface area contributed by atoms with Crippen LogP contribution in [0, 0.1) is 0 Å². The minimum atomic E-state index is -1.11. The lowest BCUT2D eigenvalue weighted by molar-refractivity contribution is -0.136. The van der Waals surface area contributed by atoms with Gasteiger partial charge in [0, 0.05) is 23.3 Å². The number of carboxylic acid groups (broad SMARTS) is 1. The van der Waals surface area contributed by atoms with Crippen molar-refractivity contribution < 1.29 is 33.3 Å². The van der Waals surface area contributed by atoms with Gasteiger partial charge in [-0.05, 0) is 18.2 Å². The first-order valence-corrected chi connectivity index (χ1v) is 10.7. The maximum atomic E-state index is 13.0. The number of carboxylic acids is 1. The van der Waals surface area contributed by atoms with Crippen molar-refractivity contribution in [1.82, 2.24) is 0 Å². The standard InChI is InChI=1S/C27H20O8/c1-32-15-8-9-20(33-2)16(10-15)26-17(11-23(30)31)24-22(35-26)13-19(29)25-18(28)12-21(34-27(24)25)14-6-4-3-5-7-14/h3-10,12-13,29H,11H2,1-2H3,(H,30,31). The number of aliphatic carboxylic acids is 1. The van der Waals surface area contributed by atoms with Crippen molar-refractivity contribution in [2.75, 3.05) is 14.2 Å². The fraction of sp³-hybridized carbons (Fsp3) is 0.111. The Hall–Kier alpha value is -4.72. The SMILES string of the molecule is COc1ccc(OC)c(-c2oc3cc(O)c4c(=O)cc(-c5ccccc5)oc4c3c2CC(=O)O)c1. The summed E-state index contributed by atoms with van der Waals surface area (Å²) in [6.45, 7) is 0. The molecule has 0 fully saturated rings. The number of phenols is 1. The first-order valence-electron chi connectivity index (χ1n) is 10.7. The van der Waals surface area contributed by atoms with Gasteiger partial charge in [-0.1, -0.05) is 30.3 Å². The Labute approximate surface area is 198 Å². The van der Waals surface area contributed by atoms with Crippen molar-refractivity contribution in [2.45, 2.75) is 6.42 Å². The van der Waals surface area contributed by atoms with E-state index >= 15 is 0 Å². The van der Waals surface area contributed by atoms with Crippen LogP contribution in [-0.2, 0) is 11.2 Å². The predicted octanol–water partition coefficient (Wildman–Crippen LogP) is 5.22. The molecule has 5 rings (SSSR count). The van der Waals surface area contributed by atoms with E-state index in [0.29, 0.717) is 22.6 Å². The molecule has 0 aliphatic heterocycles. The summed E-state index contributed by atoms with van der Waals surface area (Å²) in [7, 11) is 2.99. The molecule has 8 nitrogen and oxygen atoms in total.